The highest BCUT2D eigenvalue weighted by Gasteiger charge is 2.26. The Labute approximate surface area is 64.2 Å². The van der Waals surface area contributed by atoms with Crippen molar-refractivity contribution in [1.29, 1.82) is 0 Å². The Bertz CT molecular complexity index is 92.1. The van der Waals surface area contributed by atoms with Crippen LogP contribution in [0.2, 0.25) is 0 Å². The minimum Gasteiger partial charge on any atom is -0.316 e. The molecule has 1 aliphatic heterocycles. The predicted octanol–water partition coefficient (Wildman–Crippen LogP) is 1.89. The van der Waals surface area contributed by atoms with Crippen LogP contribution in [0.25, 0.3) is 0 Å². The molecule has 0 aromatic heterocycles. The number of hydrogen-bond acceptors (Lipinski definition) is 1. The van der Waals surface area contributed by atoms with Crippen molar-refractivity contribution in [3.63, 3.8) is 0 Å². The maximum Gasteiger partial charge on any atom is -0.000559 e. The second-order valence-electron chi connectivity index (χ2n) is 3.66. The Morgan fingerprint density at radius 1 is 1.40 bits per heavy atom. The molecule has 2 atom stereocenters. The SMILES string of the molecule is CCC(C)C(C)C1CNC1. The van der Waals surface area contributed by atoms with Crippen molar-refractivity contribution in [2.45, 2.75) is 27.2 Å². The van der Waals surface area contributed by atoms with Crippen LogP contribution in [0, 0.1) is 17.8 Å². The third kappa shape index (κ3) is 1.51. The van der Waals surface area contributed by atoms with Crippen LogP contribution in [0.15, 0.2) is 0 Å². The van der Waals surface area contributed by atoms with E-state index in [0.717, 1.165) is 17.8 Å². The van der Waals surface area contributed by atoms with E-state index in [1.165, 1.54) is 19.5 Å². The van der Waals surface area contributed by atoms with E-state index in [1.54, 1.807) is 0 Å². The zero-order valence-corrected chi connectivity index (χ0v) is 7.35. The van der Waals surface area contributed by atoms with Crippen molar-refractivity contribution in [2.24, 2.45) is 17.8 Å². The summed E-state index contributed by atoms with van der Waals surface area (Å²) in [6.45, 7) is 9.55. The van der Waals surface area contributed by atoms with Crippen LogP contribution in [0.3, 0.4) is 0 Å². The molecule has 10 heavy (non-hydrogen) atoms. The van der Waals surface area contributed by atoms with Gasteiger partial charge >= 0.3 is 0 Å². The zero-order chi connectivity index (χ0) is 7.56. The van der Waals surface area contributed by atoms with E-state index >= 15 is 0 Å². The highest BCUT2D eigenvalue weighted by atomic mass is 14.9. The van der Waals surface area contributed by atoms with Gasteiger partial charge in [-0.25, -0.2) is 0 Å². The van der Waals surface area contributed by atoms with Crippen molar-refractivity contribution < 1.29 is 0 Å². The molecule has 0 amide bonds. The normalized spacial score (nSPS) is 25.5. The van der Waals surface area contributed by atoms with Gasteiger partial charge in [0.05, 0.1) is 0 Å². The molecule has 0 saturated carbocycles. The van der Waals surface area contributed by atoms with Crippen LogP contribution in [-0.2, 0) is 0 Å². The fourth-order valence-electron chi connectivity index (χ4n) is 1.52. The Morgan fingerprint density at radius 3 is 2.30 bits per heavy atom. The van der Waals surface area contributed by atoms with E-state index in [0.29, 0.717) is 0 Å². The lowest BCUT2D eigenvalue weighted by atomic mass is 9.79. The van der Waals surface area contributed by atoms with Gasteiger partial charge in [0.2, 0.25) is 0 Å². The lowest BCUT2D eigenvalue weighted by molar-refractivity contribution is 0.188. The summed E-state index contributed by atoms with van der Waals surface area (Å²) in [5, 5.41) is 3.32. The quantitative estimate of drug-likeness (QED) is 0.633. The van der Waals surface area contributed by atoms with Crippen molar-refractivity contribution in [3.05, 3.63) is 0 Å². The highest BCUT2D eigenvalue weighted by molar-refractivity contribution is 4.81. The molecule has 1 rings (SSSR count). The smallest absolute Gasteiger partial charge is 0.000559 e. The first-order valence-corrected chi connectivity index (χ1v) is 4.46. The summed E-state index contributed by atoms with van der Waals surface area (Å²) < 4.78 is 0. The summed E-state index contributed by atoms with van der Waals surface area (Å²) in [7, 11) is 0. The maximum atomic E-state index is 3.32. The molecule has 0 bridgehead atoms. The molecule has 0 spiro atoms. The molecule has 0 aromatic carbocycles. The van der Waals surface area contributed by atoms with Gasteiger partial charge in [-0.1, -0.05) is 27.2 Å². The maximum absolute atomic E-state index is 3.32. The molecular weight excluding hydrogens is 122 g/mol. The fourth-order valence-corrected chi connectivity index (χ4v) is 1.52. The monoisotopic (exact) mass is 141 g/mol. The van der Waals surface area contributed by atoms with Crippen LogP contribution in [0.4, 0.5) is 0 Å². The molecule has 2 unspecified atom stereocenters. The largest absolute Gasteiger partial charge is 0.316 e. The second kappa shape index (κ2) is 3.38. The summed E-state index contributed by atoms with van der Waals surface area (Å²) >= 11 is 0. The van der Waals surface area contributed by atoms with Gasteiger partial charge in [0.25, 0.3) is 0 Å². The average molecular weight is 141 g/mol. The van der Waals surface area contributed by atoms with E-state index in [2.05, 4.69) is 26.1 Å². The number of nitrogens with one attached hydrogen (secondary N) is 1. The Hall–Kier alpha value is -0.0400. The van der Waals surface area contributed by atoms with Crippen LogP contribution < -0.4 is 5.32 Å². The third-order valence-electron chi connectivity index (χ3n) is 3.10. The van der Waals surface area contributed by atoms with Crippen LogP contribution >= 0.6 is 0 Å². The van der Waals surface area contributed by atoms with Gasteiger partial charge in [0.15, 0.2) is 0 Å². The Balaban J connectivity index is 2.24. The van der Waals surface area contributed by atoms with Gasteiger partial charge in [-0.3, -0.25) is 0 Å². The van der Waals surface area contributed by atoms with Gasteiger partial charge in [-0.05, 0) is 30.8 Å². The fraction of sp³-hybridized carbons (Fsp3) is 1.00. The molecule has 60 valence electrons. The first-order chi connectivity index (χ1) is 4.75. The molecule has 1 fully saturated rings. The molecule has 0 aromatic rings. The molecule has 1 saturated heterocycles. The second-order valence-corrected chi connectivity index (χ2v) is 3.66. The minimum absolute atomic E-state index is 0.909. The molecular formula is C9H19N. The first kappa shape index (κ1) is 8.06. The van der Waals surface area contributed by atoms with Crippen molar-refractivity contribution in [3.8, 4) is 0 Å². The zero-order valence-electron chi connectivity index (χ0n) is 7.35. The summed E-state index contributed by atoms with van der Waals surface area (Å²) in [6.07, 6.45) is 1.33. The molecule has 1 aliphatic rings. The van der Waals surface area contributed by atoms with Crippen molar-refractivity contribution in [2.75, 3.05) is 13.1 Å². The number of rotatable bonds is 3. The lowest BCUT2D eigenvalue weighted by Gasteiger charge is -2.35. The van der Waals surface area contributed by atoms with E-state index in [4.69, 9.17) is 0 Å². The van der Waals surface area contributed by atoms with Crippen molar-refractivity contribution >= 4 is 0 Å². The average Bonchev–Trinajstić information content (AvgIpc) is 1.82. The molecule has 1 nitrogen and oxygen atoms in total. The Kier molecular flexibility index (Phi) is 2.72. The molecule has 0 radical (unpaired) electrons. The summed E-state index contributed by atoms with van der Waals surface area (Å²) in [6, 6.07) is 0. The van der Waals surface area contributed by atoms with Crippen LogP contribution in [0.5, 0.6) is 0 Å². The summed E-state index contributed by atoms with van der Waals surface area (Å²) in [5.41, 5.74) is 0. The van der Waals surface area contributed by atoms with E-state index < -0.39 is 0 Å². The van der Waals surface area contributed by atoms with E-state index in [9.17, 15) is 0 Å². The Morgan fingerprint density at radius 2 is 2.00 bits per heavy atom. The van der Waals surface area contributed by atoms with Crippen LogP contribution in [-0.4, -0.2) is 13.1 Å². The van der Waals surface area contributed by atoms with Gasteiger partial charge < -0.3 is 5.32 Å². The highest BCUT2D eigenvalue weighted by Crippen LogP contribution is 2.25. The van der Waals surface area contributed by atoms with Gasteiger partial charge in [0.1, 0.15) is 0 Å². The third-order valence-corrected chi connectivity index (χ3v) is 3.10. The standard InChI is InChI=1S/C9H19N/c1-4-7(2)8(3)9-5-10-6-9/h7-10H,4-6H2,1-3H3. The van der Waals surface area contributed by atoms with Gasteiger partial charge in [-0.15, -0.1) is 0 Å². The summed E-state index contributed by atoms with van der Waals surface area (Å²) in [5.74, 6) is 2.80. The first-order valence-electron chi connectivity index (χ1n) is 4.46. The topological polar surface area (TPSA) is 12.0 Å². The molecule has 1 N–H and O–H groups in total. The molecule has 1 heteroatoms. The minimum atomic E-state index is 0.909. The number of hydrogen-bond donors (Lipinski definition) is 1. The van der Waals surface area contributed by atoms with Crippen molar-refractivity contribution in [1.82, 2.24) is 5.32 Å². The van der Waals surface area contributed by atoms with Gasteiger partial charge in [0, 0.05) is 0 Å². The van der Waals surface area contributed by atoms with Gasteiger partial charge in [-0.2, -0.15) is 0 Å². The molecule has 0 aliphatic carbocycles. The van der Waals surface area contributed by atoms with Crippen LogP contribution in [0.1, 0.15) is 27.2 Å². The van der Waals surface area contributed by atoms with E-state index in [-0.39, 0.29) is 0 Å². The van der Waals surface area contributed by atoms with E-state index in [1.807, 2.05) is 0 Å². The lowest BCUT2D eigenvalue weighted by Crippen LogP contribution is -2.46. The summed E-state index contributed by atoms with van der Waals surface area (Å²) in [4.78, 5) is 0. The molecule has 1 heterocycles. The predicted molar refractivity (Wildman–Crippen MR) is 45.0 cm³/mol.